The summed E-state index contributed by atoms with van der Waals surface area (Å²) < 4.78 is 0. The third kappa shape index (κ3) is 4.59. The van der Waals surface area contributed by atoms with Crippen molar-refractivity contribution in [3.63, 3.8) is 0 Å². The zero-order chi connectivity index (χ0) is 19.4. The Morgan fingerprint density at radius 2 is 1.82 bits per heavy atom. The minimum absolute atomic E-state index is 0.0688. The van der Waals surface area contributed by atoms with Crippen LogP contribution in [0.1, 0.15) is 56.9 Å². The lowest BCUT2D eigenvalue weighted by Crippen LogP contribution is -2.48. The zero-order valence-electron chi connectivity index (χ0n) is 17.1. The summed E-state index contributed by atoms with van der Waals surface area (Å²) in [6.45, 7) is 6.09. The number of aromatic nitrogens is 1. The van der Waals surface area contributed by atoms with E-state index in [1.165, 1.54) is 50.5 Å². The molecule has 0 saturated heterocycles. The molecule has 4 aliphatic carbocycles. The fourth-order valence-corrected chi connectivity index (χ4v) is 6.55. The van der Waals surface area contributed by atoms with E-state index in [1.807, 2.05) is 35.5 Å². The van der Waals surface area contributed by atoms with E-state index in [2.05, 4.69) is 16.9 Å². The Labute approximate surface area is 169 Å². The van der Waals surface area contributed by atoms with Crippen LogP contribution in [0.25, 0.3) is 0 Å². The number of urea groups is 1. The standard InChI is InChI=1S/C24H35N3O/c1-2-11-27(23(28)26-8-3-4-19-5-9-25-10-6-19)12-7-24-16-20-13-21(17-24)15-22(14-20)18-24/h2,5-6,9-10,20-22H,1,3-4,7-8,11-18H2,(H,26,28). The number of rotatable bonds is 9. The van der Waals surface area contributed by atoms with Crippen LogP contribution in [-0.2, 0) is 6.42 Å². The largest absolute Gasteiger partial charge is 0.338 e. The maximum atomic E-state index is 12.7. The van der Waals surface area contributed by atoms with Crippen molar-refractivity contribution in [2.75, 3.05) is 19.6 Å². The predicted octanol–water partition coefficient (Wildman–Crippen LogP) is 4.82. The van der Waals surface area contributed by atoms with Gasteiger partial charge in [-0.2, -0.15) is 0 Å². The van der Waals surface area contributed by atoms with Gasteiger partial charge < -0.3 is 10.2 Å². The lowest BCUT2D eigenvalue weighted by molar-refractivity contribution is -0.0593. The molecule has 4 heteroatoms. The van der Waals surface area contributed by atoms with Gasteiger partial charge in [0.1, 0.15) is 0 Å². The summed E-state index contributed by atoms with van der Waals surface area (Å²) in [5.74, 6) is 2.92. The molecule has 5 rings (SSSR count). The highest BCUT2D eigenvalue weighted by atomic mass is 16.2. The molecule has 2 amide bonds. The van der Waals surface area contributed by atoms with Crippen LogP contribution in [0.4, 0.5) is 4.79 Å². The van der Waals surface area contributed by atoms with Crippen LogP contribution in [0, 0.1) is 23.2 Å². The molecule has 4 aliphatic rings. The lowest BCUT2D eigenvalue weighted by atomic mass is 9.49. The van der Waals surface area contributed by atoms with Crippen LogP contribution < -0.4 is 5.32 Å². The fourth-order valence-electron chi connectivity index (χ4n) is 6.55. The van der Waals surface area contributed by atoms with Crippen molar-refractivity contribution in [2.24, 2.45) is 23.2 Å². The minimum Gasteiger partial charge on any atom is -0.338 e. The van der Waals surface area contributed by atoms with Crippen LogP contribution in [0.3, 0.4) is 0 Å². The molecule has 28 heavy (non-hydrogen) atoms. The van der Waals surface area contributed by atoms with E-state index < -0.39 is 0 Å². The smallest absolute Gasteiger partial charge is 0.317 e. The molecular weight excluding hydrogens is 346 g/mol. The molecule has 0 spiro atoms. The van der Waals surface area contributed by atoms with Gasteiger partial charge in [-0.3, -0.25) is 4.98 Å². The molecule has 0 radical (unpaired) electrons. The Morgan fingerprint density at radius 3 is 2.43 bits per heavy atom. The Bertz CT molecular complexity index is 636. The number of nitrogens with one attached hydrogen (secondary N) is 1. The van der Waals surface area contributed by atoms with Gasteiger partial charge in [0, 0.05) is 32.0 Å². The van der Waals surface area contributed by atoms with E-state index >= 15 is 0 Å². The van der Waals surface area contributed by atoms with Crippen molar-refractivity contribution in [2.45, 2.75) is 57.8 Å². The summed E-state index contributed by atoms with van der Waals surface area (Å²) in [5.41, 5.74) is 1.80. The van der Waals surface area contributed by atoms with E-state index in [9.17, 15) is 4.79 Å². The number of aryl methyl sites for hydroxylation is 1. The fraction of sp³-hybridized carbons (Fsp3) is 0.667. The maximum Gasteiger partial charge on any atom is 0.317 e. The molecule has 1 heterocycles. The van der Waals surface area contributed by atoms with Gasteiger partial charge in [0.2, 0.25) is 0 Å². The number of hydrogen-bond acceptors (Lipinski definition) is 2. The molecule has 0 aliphatic heterocycles. The Hall–Kier alpha value is -1.84. The Morgan fingerprint density at radius 1 is 1.18 bits per heavy atom. The van der Waals surface area contributed by atoms with Crippen LogP contribution in [0.15, 0.2) is 37.2 Å². The summed E-state index contributed by atoms with van der Waals surface area (Å²) in [7, 11) is 0. The predicted molar refractivity (Wildman–Crippen MR) is 113 cm³/mol. The third-order valence-electron chi connectivity index (χ3n) is 7.38. The average molecular weight is 382 g/mol. The molecule has 0 atom stereocenters. The Kier molecular flexibility index (Phi) is 6.03. The van der Waals surface area contributed by atoms with Gasteiger partial charge in [0.25, 0.3) is 0 Å². The number of amides is 2. The molecule has 1 N–H and O–H groups in total. The second kappa shape index (κ2) is 8.67. The van der Waals surface area contributed by atoms with Crippen molar-refractivity contribution in [3.05, 3.63) is 42.7 Å². The quantitative estimate of drug-likeness (QED) is 0.492. The van der Waals surface area contributed by atoms with Crippen LogP contribution in [0.5, 0.6) is 0 Å². The van der Waals surface area contributed by atoms with Gasteiger partial charge in [-0.15, -0.1) is 6.58 Å². The summed E-state index contributed by atoms with van der Waals surface area (Å²) in [6.07, 6.45) is 17.3. The molecule has 4 fully saturated rings. The molecule has 1 aromatic rings. The molecule has 0 unspecified atom stereocenters. The van der Waals surface area contributed by atoms with Crippen LogP contribution in [-0.4, -0.2) is 35.5 Å². The second-order valence-corrected chi connectivity index (χ2v) is 9.59. The summed E-state index contributed by atoms with van der Waals surface area (Å²) in [6, 6.07) is 4.15. The Balaban J connectivity index is 1.24. The molecule has 4 nitrogen and oxygen atoms in total. The summed E-state index contributed by atoms with van der Waals surface area (Å²) in [5, 5.41) is 3.12. The topological polar surface area (TPSA) is 45.2 Å². The summed E-state index contributed by atoms with van der Waals surface area (Å²) in [4.78, 5) is 18.7. The van der Waals surface area contributed by atoms with Crippen molar-refractivity contribution in [1.82, 2.24) is 15.2 Å². The first-order valence-electron chi connectivity index (χ1n) is 11.2. The van der Waals surface area contributed by atoms with Crippen molar-refractivity contribution in [1.29, 1.82) is 0 Å². The highest BCUT2D eigenvalue weighted by molar-refractivity contribution is 5.74. The molecule has 0 aromatic carbocycles. The number of hydrogen-bond donors (Lipinski definition) is 1. The van der Waals surface area contributed by atoms with E-state index in [4.69, 9.17) is 0 Å². The van der Waals surface area contributed by atoms with Crippen LogP contribution >= 0.6 is 0 Å². The molecule has 4 bridgehead atoms. The van der Waals surface area contributed by atoms with Gasteiger partial charge in [-0.1, -0.05) is 6.08 Å². The average Bonchev–Trinajstić information content (AvgIpc) is 2.68. The highest BCUT2D eigenvalue weighted by Gasteiger charge is 2.50. The van der Waals surface area contributed by atoms with Crippen molar-refractivity contribution in [3.8, 4) is 0 Å². The van der Waals surface area contributed by atoms with Gasteiger partial charge in [0.15, 0.2) is 0 Å². The van der Waals surface area contributed by atoms with Crippen molar-refractivity contribution >= 4 is 6.03 Å². The van der Waals surface area contributed by atoms with Crippen molar-refractivity contribution < 1.29 is 4.79 Å². The monoisotopic (exact) mass is 381 g/mol. The van der Waals surface area contributed by atoms with E-state index in [0.29, 0.717) is 18.5 Å². The van der Waals surface area contributed by atoms with E-state index in [-0.39, 0.29) is 6.03 Å². The number of pyridine rings is 1. The normalized spacial score (nSPS) is 30.2. The number of nitrogens with zero attached hydrogens (tertiary/aromatic N) is 2. The van der Waals surface area contributed by atoms with Crippen LogP contribution in [0.2, 0.25) is 0 Å². The van der Waals surface area contributed by atoms with Gasteiger partial charge >= 0.3 is 6.03 Å². The van der Waals surface area contributed by atoms with Gasteiger partial charge in [0.05, 0.1) is 0 Å². The third-order valence-corrected chi connectivity index (χ3v) is 7.38. The SMILES string of the molecule is C=CCN(CCC12CC3CC(CC(C3)C1)C2)C(=O)NCCCc1ccncc1. The van der Waals surface area contributed by atoms with E-state index in [0.717, 1.165) is 37.1 Å². The summed E-state index contributed by atoms with van der Waals surface area (Å²) >= 11 is 0. The number of carbonyl (C=O) groups is 1. The highest BCUT2D eigenvalue weighted by Crippen LogP contribution is 2.61. The molecule has 4 saturated carbocycles. The molecule has 1 aromatic heterocycles. The van der Waals surface area contributed by atoms with E-state index in [1.54, 1.807) is 0 Å². The lowest BCUT2D eigenvalue weighted by Gasteiger charge is -2.57. The first-order valence-corrected chi connectivity index (χ1v) is 11.2. The van der Waals surface area contributed by atoms with Gasteiger partial charge in [-0.25, -0.2) is 4.79 Å². The molecule has 152 valence electrons. The van der Waals surface area contributed by atoms with Gasteiger partial charge in [-0.05, 0) is 98.7 Å². The first-order chi connectivity index (χ1) is 13.7. The maximum absolute atomic E-state index is 12.7. The first kappa shape index (κ1) is 19.5. The molecular formula is C24H35N3O. The number of carbonyl (C=O) groups excluding carboxylic acids is 1. The second-order valence-electron chi connectivity index (χ2n) is 9.59. The minimum atomic E-state index is 0.0688. The zero-order valence-corrected chi connectivity index (χ0v) is 17.1.